The number of hydrogen-bond donors (Lipinski definition) is 1. The Morgan fingerprint density at radius 3 is 2.87 bits per heavy atom. The summed E-state index contributed by atoms with van der Waals surface area (Å²) in [7, 11) is 0. The van der Waals surface area contributed by atoms with E-state index < -0.39 is 0 Å². The van der Waals surface area contributed by atoms with Gasteiger partial charge in [0.15, 0.2) is 0 Å². The van der Waals surface area contributed by atoms with Gasteiger partial charge < -0.3 is 15.0 Å². The first-order valence-electron chi connectivity index (χ1n) is 10.6. The number of pyridine rings is 1. The summed E-state index contributed by atoms with van der Waals surface area (Å²) in [4.78, 5) is 36.1. The van der Waals surface area contributed by atoms with E-state index in [-0.39, 0.29) is 36.5 Å². The van der Waals surface area contributed by atoms with Crippen molar-refractivity contribution in [3.63, 3.8) is 0 Å². The number of ether oxygens (including phenoxy) is 1. The lowest BCUT2D eigenvalue weighted by Crippen LogP contribution is -2.52. The van der Waals surface area contributed by atoms with Crippen molar-refractivity contribution in [1.82, 2.24) is 20.2 Å². The molecule has 1 N–H and O–H groups in total. The average Bonchev–Trinajstić information content (AvgIpc) is 3.46. The first-order valence-corrected chi connectivity index (χ1v) is 11.5. The number of piperidine rings is 1. The fraction of sp³-hybridized carbons (Fsp3) is 0.545. The maximum atomic E-state index is 12.8. The second kappa shape index (κ2) is 9.22. The van der Waals surface area contributed by atoms with Gasteiger partial charge in [0, 0.05) is 35.4 Å². The van der Waals surface area contributed by atoms with E-state index in [9.17, 15) is 9.59 Å². The maximum absolute atomic E-state index is 12.8. The number of carbonyl (C=O) groups is 2. The molecule has 2 fully saturated rings. The minimum atomic E-state index is -0.204. The zero-order chi connectivity index (χ0) is 21.1. The van der Waals surface area contributed by atoms with Gasteiger partial charge >= 0.3 is 0 Å². The van der Waals surface area contributed by atoms with Crippen LogP contribution in [0.15, 0.2) is 23.7 Å². The molecule has 2 aromatic heterocycles. The molecule has 1 aliphatic carbocycles. The van der Waals surface area contributed by atoms with Crippen LogP contribution in [-0.4, -0.2) is 52.0 Å². The van der Waals surface area contributed by atoms with E-state index in [0.29, 0.717) is 13.1 Å². The number of aromatic nitrogens is 2. The molecule has 2 amide bonds. The van der Waals surface area contributed by atoms with Gasteiger partial charge in [0.2, 0.25) is 11.8 Å². The third-order valence-electron chi connectivity index (χ3n) is 5.78. The summed E-state index contributed by atoms with van der Waals surface area (Å²) < 4.78 is 5.56. The highest BCUT2D eigenvalue weighted by molar-refractivity contribution is 7.09. The summed E-state index contributed by atoms with van der Waals surface area (Å²) in [5, 5.41) is 5.86. The number of carbonyl (C=O) groups excluding carboxylic acids is 2. The molecule has 160 valence electrons. The molecule has 2 aromatic rings. The van der Waals surface area contributed by atoms with E-state index in [1.54, 1.807) is 0 Å². The van der Waals surface area contributed by atoms with Crippen molar-refractivity contribution in [2.24, 2.45) is 5.92 Å². The van der Waals surface area contributed by atoms with Crippen molar-refractivity contribution in [2.75, 3.05) is 13.2 Å². The van der Waals surface area contributed by atoms with E-state index >= 15 is 0 Å². The van der Waals surface area contributed by atoms with Gasteiger partial charge in [-0.3, -0.25) is 14.6 Å². The van der Waals surface area contributed by atoms with Crippen LogP contribution in [0.3, 0.4) is 0 Å². The highest BCUT2D eigenvalue weighted by Crippen LogP contribution is 2.27. The molecule has 1 saturated heterocycles. The molecular weight excluding hydrogens is 400 g/mol. The summed E-state index contributed by atoms with van der Waals surface area (Å²) in [5.41, 5.74) is 2.81. The van der Waals surface area contributed by atoms with Crippen LogP contribution in [-0.2, 0) is 20.9 Å². The van der Waals surface area contributed by atoms with E-state index in [1.165, 1.54) is 11.3 Å². The second-order valence-corrected chi connectivity index (χ2v) is 9.06. The zero-order valence-electron chi connectivity index (χ0n) is 17.5. The molecule has 3 heterocycles. The quantitative estimate of drug-likeness (QED) is 0.733. The second-order valence-electron chi connectivity index (χ2n) is 8.12. The van der Waals surface area contributed by atoms with Crippen LogP contribution >= 0.6 is 11.3 Å². The number of aryl methyl sites for hydroxylation is 1. The first-order chi connectivity index (χ1) is 14.5. The predicted octanol–water partition coefficient (Wildman–Crippen LogP) is 2.94. The molecule has 2 aliphatic rings. The van der Waals surface area contributed by atoms with Gasteiger partial charge in [-0.05, 0) is 51.7 Å². The Morgan fingerprint density at radius 1 is 1.30 bits per heavy atom. The molecule has 2 atom stereocenters. The van der Waals surface area contributed by atoms with Gasteiger partial charge in [-0.25, -0.2) is 4.98 Å². The smallest absolute Gasteiger partial charge is 0.248 e. The third-order valence-corrected chi connectivity index (χ3v) is 6.63. The van der Waals surface area contributed by atoms with Crippen LogP contribution in [0.25, 0.3) is 11.3 Å². The molecule has 0 spiro atoms. The molecule has 30 heavy (non-hydrogen) atoms. The first kappa shape index (κ1) is 20.9. The van der Waals surface area contributed by atoms with Crippen molar-refractivity contribution < 1.29 is 14.3 Å². The van der Waals surface area contributed by atoms with Crippen LogP contribution in [0.1, 0.15) is 43.3 Å². The normalized spacial score (nSPS) is 21.5. The molecule has 1 saturated carbocycles. The minimum Gasteiger partial charge on any atom is -0.368 e. The van der Waals surface area contributed by atoms with E-state index in [0.717, 1.165) is 47.6 Å². The Balaban J connectivity index is 1.31. The van der Waals surface area contributed by atoms with E-state index in [4.69, 9.17) is 4.74 Å². The largest absolute Gasteiger partial charge is 0.368 e. The Labute approximate surface area is 180 Å². The average molecular weight is 429 g/mol. The summed E-state index contributed by atoms with van der Waals surface area (Å²) in [6.45, 7) is 5.12. The highest BCUT2D eigenvalue weighted by atomic mass is 32.1. The van der Waals surface area contributed by atoms with Crippen molar-refractivity contribution in [3.8, 4) is 11.3 Å². The Kier molecular flexibility index (Phi) is 6.43. The summed E-state index contributed by atoms with van der Waals surface area (Å²) in [5.74, 6) is -0.232. The highest BCUT2D eigenvalue weighted by Gasteiger charge is 2.36. The molecule has 4 rings (SSSR count). The van der Waals surface area contributed by atoms with Gasteiger partial charge in [-0.2, -0.15) is 0 Å². The van der Waals surface area contributed by atoms with Gasteiger partial charge in [0.1, 0.15) is 11.6 Å². The topological polar surface area (TPSA) is 84.4 Å². The maximum Gasteiger partial charge on any atom is 0.248 e. The number of thiazole rings is 1. The lowest BCUT2D eigenvalue weighted by atomic mass is 9.89. The Bertz CT molecular complexity index is 894. The van der Waals surface area contributed by atoms with Crippen LogP contribution < -0.4 is 5.32 Å². The Hall–Kier alpha value is -2.32. The lowest BCUT2D eigenvalue weighted by Gasteiger charge is -2.38. The fourth-order valence-electron chi connectivity index (χ4n) is 3.79. The number of rotatable bonds is 7. The Morgan fingerprint density at radius 2 is 2.13 bits per heavy atom. The van der Waals surface area contributed by atoms with Crippen molar-refractivity contribution >= 4 is 23.2 Å². The standard InChI is InChI=1S/C22H28N4O3S/c1-14-5-6-16(10-23-14)19-13-30-20(25-19)11-24-22(28)18-4-3-9-26(15(18)2)21(27)12-29-17-7-8-17/h5-6,10,13,15,17-18H,3-4,7-9,11-12H2,1-2H3,(H,24,28)/t15-,18-/m0/s1. The number of nitrogens with zero attached hydrogens (tertiary/aromatic N) is 3. The molecule has 7 nitrogen and oxygen atoms in total. The summed E-state index contributed by atoms with van der Waals surface area (Å²) >= 11 is 1.52. The molecule has 0 aromatic carbocycles. The molecule has 0 unspecified atom stereocenters. The van der Waals surface area contributed by atoms with Gasteiger partial charge in [0.25, 0.3) is 0 Å². The number of amides is 2. The van der Waals surface area contributed by atoms with Crippen molar-refractivity contribution in [2.45, 2.75) is 58.2 Å². The van der Waals surface area contributed by atoms with Crippen LogP contribution in [0.5, 0.6) is 0 Å². The van der Waals surface area contributed by atoms with E-state index in [1.807, 2.05) is 42.5 Å². The van der Waals surface area contributed by atoms with Crippen molar-refractivity contribution in [3.05, 3.63) is 34.4 Å². The monoisotopic (exact) mass is 428 g/mol. The van der Waals surface area contributed by atoms with Crippen LogP contribution in [0.2, 0.25) is 0 Å². The summed E-state index contributed by atoms with van der Waals surface area (Å²) in [6.07, 6.45) is 5.79. The predicted molar refractivity (Wildman–Crippen MR) is 115 cm³/mol. The van der Waals surface area contributed by atoms with Gasteiger partial charge in [0.05, 0.1) is 24.3 Å². The SMILES string of the molecule is Cc1ccc(-c2csc(CNC(=O)[C@H]3CCCN(C(=O)COC4CC4)[C@H]3C)n2)cn1. The van der Waals surface area contributed by atoms with Gasteiger partial charge in [-0.15, -0.1) is 11.3 Å². The molecule has 0 bridgehead atoms. The number of hydrogen-bond acceptors (Lipinski definition) is 6. The molecular formula is C22H28N4O3S. The number of nitrogens with one attached hydrogen (secondary N) is 1. The molecule has 0 radical (unpaired) electrons. The van der Waals surface area contributed by atoms with Crippen molar-refractivity contribution in [1.29, 1.82) is 0 Å². The zero-order valence-corrected chi connectivity index (χ0v) is 18.3. The van der Waals surface area contributed by atoms with Crippen LogP contribution in [0, 0.1) is 12.8 Å². The van der Waals surface area contributed by atoms with E-state index in [2.05, 4.69) is 15.3 Å². The number of likely N-dealkylation sites (tertiary alicyclic amines) is 1. The molecule has 8 heteroatoms. The van der Waals surface area contributed by atoms with Gasteiger partial charge in [-0.1, -0.05) is 0 Å². The summed E-state index contributed by atoms with van der Waals surface area (Å²) in [6, 6.07) is 3.84. The minimum absolute atomic E-state index is 0.0110. The fourth-order valence-corrected chi connectivity index (χ4v) is 4.53. The third kappa shape index (κ3) is 5.05. The lowest BCUT2D eigenvalue weighted by molar-refractivity contribution is -0.144. The molecule has 1 aliphatic heterocycles. The van der Waals surface area contributed by atoms with Crippen LogP contribution in [0.4, 0.5) is 0 Å².